The number of aryl methyl sites for hydroxylation is 1. The Bertz CT molecular complexity index is 1390. The Kier molecular flexibility index (Phi) is 6.74. The summed E-state index contributed by atoms with van der Waals surface area (Å²) in [5.41, 5.74) is 2.87. The molecular formula is C24H21Cl2N3O3S. The van der Waals surface area contributed by atoms with Crippen molar-refractivity contribution in [2.24, 2.45) is 0 Å². The van der Waals surface area contributed by atoms with Crippen LogP contribution in [0, 0.1) is 13.8 Å². The van der Waals surface area contributed by atoms with E-state index in [-0.39, 0.29) is 17.3 Å². The Morgan fingerprint density at radius 3 is 2.24 bits per heavy atom. The van der Waals surface area contributed by atoms with Crippen LogP contribution in [0.4, 0.5) is 5.69 Å². The first-order valence-electron chi connectivity index (χ1n) is 10.1. The molecule has 0 saturated heterocycles. The van der Waals surface area contributed by atoms with Crippen molar-refractivity contribution in [3.8, 4) is 0 Å². The average molecular weight is 502 g/mol. The van der Waals surface area contributed by atoms with Crippen LogP contribution in [0.25, 0.3) is 0 Å². The quantitative estimate of drug-likeness (QED) is 0.311. The van der Waals surface area contributed by atoms with E-state index in [9.17, 15) is 8.42 Å². The van der Waals surface area contributed by atoms with Gasteiger partial charge in [0.2, 0.25) is 11.8 Å². The van der Waals surface area contributed by atoms with Crippen molar-refractivity contribution in [1.29, 1.82) is 0 Å². The van der Waals surface area contributed by atoms with Crippen LogP contribution in [0.2, 0.25) is 10.0 Å². The standard InChI is InChI=1S/C24H21Cl2N3O3S/c1-16-10-12-19(13-11-16)33(30,31)29(22-9-5-8-20(25)17(22)2)15-24-28-27-23(32-24)14-18-6-3-4-7-21(18)26/h3-13H,14-15H2,1-2H3. The first-order chi connectivity index (χ1) is 15.8. The second kappa shape index (κ2) is 9.55. The number of anilines is 1. The first-order valence-corrected chi connectivity index (χ1v) is 12.3. The maximum atomic E-state index is 13.6. The molecule has 3 aromatic carbocycles. The lowest BCUT2D eigenvalue weighted by Gasteiger charge is -2.25. The van der Waals surface area contributed by atoms with E-state index >= 15 is 0 Å². The summed E-state index contributed by atoms with van der Waals surface area (Å²) in [6.45, 7) is 3.52. The summed E-state index contributed by atoms with van der Waals surface area (Å²) in [5, 5.41) is 9.22. The second-order valence-electron chi connectivity index (χ2n) is 7.57. The van der Waals surface area contributed by atoms with E-state index in [0.29, 0.717) is 33.6 Å². The molecule has 0 aliphatic heterocycles. The highest BCUT2D eigenvalue weighted by Crippen LogP contribution is 2.32. The zero-order chi connectivity index (χ0) is 23.6. The SMILES string of the molecule is Cc1ccc(S(=O)(=O)N(Cc2nnc(Cc3ccccc3Cl)o2)c2cccc(Cl)c2C)cc1. The van der Waals surface area contributed by atoms with E-state index < -0.39 is 10.0 Å². The lowest BCUT2D eigenvalue weighted by Crippen LogP contribution is -2.31. The Hall–Kier alpha value is -2.87. The summed E-state index contributed by atoms with van der Waals surface area (Å²) in [4.78, 5) is 0.156. The van der Waals surface area contributed by atoms with E-state index in [4.69, 9.17) is 27.6 Å². The van der Waals surface area contributed by atoms with Crippen LogP contribution in [0.5, 0.6) is 0 Å². The fourth-order valence-electron chi connectivity index (χ4n) is 3.35. The van der Waals surface area contributed by atoms with Crippen LogP contribution in [0.3, 0.4) is 0 Å². The van der Waals surface area contributed by atoms with Gasteiger partial charge in [-0.25, -0.2) is 8.42 Å². The third-order valence-electron chi connectivity index (χ3n) is 5.20. The number of rotatable bonds is 7. The molecule has 1 aromatic heterocycles. The zero-order valence-corrected chi connectivity index (χ0v) is 20.3. The first kappa shape index (κ1) is 23.3. The van der Waals surface area contributed by atoms with Crippen LogP contribution >= 0.6 is 23.2 Å². The molecule has 4 rings (SSSR count). The number of benzene rings is 3. The van der Waals surface area contributed by atoms with Gasteiger partial charge >= 0.3 is 0 Å². The highest BCUT2D eigenvalue weighted by atomic mass is 35.5. The predicted octanol–water partition coefficient (Wildman–Crippen LogP) is 5.98. The molecule has 4 aromatic rings. The molecule has 0 saturated carbocycles. The van der Waals surface area contributed by atoms with Crippen molar-refractivity contribution >= 4 is 38.9 Å². The molecule has 33 heavy (non-hydrogen) atoms. The summed E-state index contributed by atoms with van der Waals surface area (Å²) in [6, 6.07) is 19.2. The van der Waals surface area contributed by atoms with Gasteiger partial charge in [0.05, 0.1) is 17.0 Å². The average Bonchev–Trinajstić information content (AvgIpc) is 3.23. The molecule has 9 heteroatoms. The van der Waals surface area contributed by atoms with Crippen LogP contribution in [-0.4, -0.2) is 18.6 Å². The van der Waals surface area contributed by atoms with Crippen LogP contribution in [0.1, 0.15) is 28.5 Å². The number of hydrogen-bond donors (Lipinski definition) is 0. The smallest absolute Gasteiger partial charge is 0.264 e. The van der Waals surface area contributed by atoms with E-state index in [1.165, 1.54) is 4.31 Å². The molecule has 1 heterocycles. The van der Waals surface area contributed by atoms with Gasteiger partial charge < -0.3 is 4.42 Å². The maximum Gasteiger partial charge on any atom is 0.264 e. The number of nitrogens with zero attached hydrogens (tertiary/aromatic N) is 3. The van der Waals surface area contributed by atoms with Gasteiger partial charge in [0.1, 0.15) is 6.54 Å². The summed E-state index contributed by atoms with van der Waals surface area (Å²) in [6.07, 6.45) is 0.341. The van der Waals surface area contributed by atoms with Crippen molar-refractivity contribution in [3.63, 3.8) is 0 Å². The molecule has 0 bridgehead atoms. The largest absolute Gasteiger partial charge is 0.423 e. The summed E-state index contributed by atoms with van der Waals surface area (Å²) < 4.78 is 34.3. The lowest BCUT2D eigenvalue weighted by atomic mass is 10.1. The summed E-state index contributed by atoms with van der Waals surface area (Å²) >= 11 is 12.5. The summed E-state index contributed by atoms with van der Waals surface area (Å²) in [7, 11) is -3.94. The Balaban J connectivity index is 1.70. The Morgan fingerprint density at radius 2 is 1.52 bits per heavy atom. The number of aromatic nitrogens is 2. The summed E-state index contributed by atoms with van der Waals surface area (Å²) in [5.74, 6) is 0.501. The molecule has 0 fully saturated rings. The molecule has 0 amide bonds. The van der Waals surface area contributed by atoms with Crippen molar-refractivity contribution < 1.29 is 12.8 Å². The van der Waals surface area contributed by atoms with Gasteiger partial charge in [-0.2, -0.15) is 0 Å². The predicted molar refractivity (Wildman–Crippen MR) is 129 cm³/mol. The third-order valence-corrected chi connectivity index (χ3v) is 7.76. The maximum absolute atomic E-state index is 13.6. The zero-order valence-electron chi connectivity index (χ0n) is 18.0. The monoisotopic (exact) mass is 501 g/mol. The van der Waals surface area contributed by atoms with Gasteiger partial charge in [0.25, 0.3) is 10.0 Å². The van der Waals surface area contributed by atoms with Gasteiger partial charge in [-0.1, -0.05) is 65.2 Å². The van der Waals surface area contributed by atoms with E-state index in [1.807, 2.05) is 25.1 Å². The minimum Gasteiger partial charge on any atom is -0.423 e. The van der Waals surface area contributed by atoms with Crippen molar-refractivity contribution in [2.75, 3.05) is 4.31 Å². The minimum absolute atomic E-state index is 0.146. The molecule has 170 valence electrons. The van der Waals surface area contributed by atoms with Gasteiger partial charge in [-0.15, -0.1) is 10.2 Å². The third kappa shape index (κ3) is 5.05. The number of hydrogen-bond acceptors (Lipinski definition) is 5. The van der Waals surface area contributed by atoms with Crippen LogP contribution in [0.15, 0.2) is 76.0 Å². The topological polar surface area (TPSA) is 76.3 Å². The molecule has 0 spiro atoms. The van der Waals surface area contributed by atoms with Gasteiger partial charge in [0.15, 0.2) is 0 Å². The van der Waals surface area contributed by atoms with Crippen LogP contribution in [-0.2, 0) is 23.0 Å². The molecule has 0 aliphatic rings. The molecule has 0 unspecified atom stereocenters. The van der Waals surface area contributed by atoms with E-state index in [2.05, 4.69) is 10.2 Å². The highest BCUT2D eigenvalue weighted by molar-refractivity contribution is 7.92. The van der Waals surface area contributed by atoms with Crippen molar-refractivity contribution in [3.05, 3.63) is 105 Å². The molecule has 0 N–H and O–H groups in total. The minimum atomic E-state index is -3.94. The molecular weight excluding hydrogens is 481 g/mol. The van der Waals surface area contributed by atoms with Gasteiger partial charge in [0, 0.05) is 10.0 Å². The van der Waals surface area contributed by atoms with Gasteiger partial charge in [-0.05, 0) is 55.3 Å². The van der Waals surface area contributed by atoms with E-state index in [0.717, 1.165) is 11.1 Å². The van der Waals surface area contributed by atoms with Crippen LogP contribution < -0.4 is 4.31 Å². The van der Waals surface area contributed by atoms with Crippen molar-refractivity contribution in [1.82, 2.24) is 10.2 Å². The molecule has 0 atom stereocenters. The number of halogens is 2. The fourth-order valence-corrected chi connectivity index (χ4v) is 5.20. The molecule has 6 nitrogen and oxygen atoms in total. The molecule has 0 radical (unpaired) electrons. The van der Waals surface area contributed by atoms with E-state index in [1.54, 1.807) is 55.5 Å². The lowest BCUT2D eigenvalue weighted by molar-refractivity contribution is 0.458. The fraction of sp³-hybridized carbons (Fsp3) is 0.167. The number of sulfonamides is 1. The second-order valence-corrected chi connectivity index (χ2v) is 10.2. The Morgan fingerprint density at radius 1 is 0.848 bits per heavy atom. The highest BCUT2D eigenvalue weighted by Gasteiger charge is 2.29. The Labute approximate surface area is 202 Å². The van der Waals surface area contributed by atoms with Gasteiger partial charge in [-0.3, -0.25) is 4.31 Å². The molecule has 0 aliphatic carbocycles. The van der Waals surface area contributed by atoms with Crippen molar-refractivity contribution in [2.45, 2.75) is 31.7 Å². The normalized spacial score (nSPS) is 11.5.